The van der Waals surface area contributed by atoms with Crippen molar-refractivity contribution in [3.05, 3.63) is 0 Å². The van der Waals surface area contributed by atoms with Crippen molar-refractivity contribution in [3.8, 4) is 0 Å². The van der Waals surface area contributed by atoms with Crippen molar-refractivity contribution in [1.82, 2.24) is 5.32 Å². The highest BCUT2D eigenvalue weighted by Gasteiger charge is 2.35. The topological polar surface area (TPSA) is 55.4 Å². The molecule has 1 N–H and O–H groups in total. The van der Waals surface area contributed by atoms with Crippen LogP contribution in [0.1, 0.15) is 40.0 Å². The van der Waals surface area contributed by atoms with E-state index in [2.05, 4.69) is 19.2 Å². The first-order chi connectivity index (χ1) is 8.89. The smallest absolute Gasteiger partial charge is 0.150 e. The molecule has 1 atom stereocenters. The summed E-state index contributed by atoms with van der Waals surface area (Å²) < 4.78 is 29.2. The van der Waals surface area contributed by atoms with Gasteiger partial charge in [0.15, 0.2) is 0 Å². The lowest BCUT2D eigenvalue weighted by molar-refractivity contribution is 0.147. The molecule has 0 bridgehead atoms. The largest absolute Gasteiger partial charge is 0.381 e. The van der Waals surface area contributed by atoms with E-state index in [0.717, 1.165) is 32.5 Å². The lowest BCUT2D eigenvalue weighted by atomic mass is 9.84. The Morgan fingerprint density at radius 1 is 1.32 bits per heavy atom. The van der Waals surface area contributed by atoms with Crippen molar-refractivity contribution in [3.63, 3.8) is 0 Å². The number of hydrogen-bond donors (Lipinski definition) is 1. The summed E-state index contributed by atoms with van der Waals surface area (Å²) in [4.78, 5) is 0. The van der Waals surface area contributed by atoms with Crippen molar-refractivity contribution >= 4 is 9.84 Å². The Kier molecular flexibility index (Phi) is 6.77. The van der Waals surface area contributed by atoms with Gasteiger partial charge in [0, 0.05) is 24.3 Å². The zero-order valence-electron chi connectivity index (χ0n) is 12.6. The van der Waals surface area contributed by atoms with Crippen LogP contribution in [0.2, 0.25) is 0 Å². The molecule has 1 fully saturated rings. The standard InChI is InChI=1S/C14H29NO3S/c1-4-8-19(16,17)9-6-14(5-7-18-12-14)11-15-10-13(2)3/h13,15H,4-12H2,1-3H3. The Bertz CT molecular complexity index is 346. The molecule has 0 aromatic rings. The van der Waals surface area contributed by atoms with E-state index in [1.165, 1.54) is 0 Å². The molecule has 0 radical (unpaired) electrons. The molecule has 0 aromatic heterocycles. The zero-order chi connectivity index (χ0) is 14.4. The highest BCUT2D eigenvalue weighted by atomic mass is 32.2. The third-order valence-corrected chi connectivity index (χ3v) is 5.55. The molecule has 0 saturated carbocycles. The predicted molar refractivity (Wildman–Crippen MR) is 79.1 cm³/mol. The lowest BCUT2D eigenvalue weighted by Crippen LogP contribution is -2.38. The second-order valence-corrected chi connectivity index (χ2v) is 8.53. The van der Waals surface area contributed by atoms with Gasteiger partial charge in [-0.1, -0.05) is 20.8 Å². The second-order valence-electron chi connectivity index (χ2n) is 6.23. The number of nitrogens with one attached hydrogen (secondary N) is 1. The minimum Gasteiger partial charge on any atom is -0.381 e. The Hall–Kier alpha value is -0.130. The Morgan fingerprint density at radius 3 is 2.58 bits per heavy atom. The monoisotopic (exact) mass is 291 g/mol. The number of rotatable bonds is 9. The fourth-order valence-corrected chi connectivity index (χ4v) is 4.06. The fraction of sp³-hybridized carbons (Fsp3) is 1.00. The maximum atomic E-state index is 11.9. The molecular weight excluding hydrogens is 262 g/mol. The van der Waals surface area contributed by atoms with Crippen LogP contribution in [-0.4, -0.2) is 46.2 Å². The summed E-state index contributed by atoms with van der Waals surface area (Å²) in [7, 11) is -2.88. The third kappa shape index (κ3) is 6.23. The summed E-state index contributed by atoms with van der Waals surface area (Å²) >= 11 is 0. The molecule has 4 nitrogen and oxygen atoms in total. The minimum absolute atomic E-state index is 0.0235. The molecule has 0 spiro atoms. The van der Waals surface area contributed by atoms with E-state index in [0.29, 0.717) is 30.5 Å². The van der Waals surface area contributed by atoms with Crippen molar-refractivity contribution < 1.29 is 13.2 Å². The fourth-order valence-electron chi connectivity index (χ4n) is 2.49. The molecule has 19 heavy (non-hydrogen) atoms. The lowest BCUT2D eigenvalue weighted by Gasteiger charge is -2.28. The van der Waals surface area contributed by atoms with E-state index in [9.17, 15) is 8.42 Å². The van der Waals surface area contributed by atoms with Crippen LogP contribution in [0.15, 0.2) is 0 Å². The highest BCUT2D eigenvalue weighted by Crippen LogP contribution is 2.32. The van der Waals surface area contributed by atoms with Crippen molar-refractivity contribution in [2.45, 2.75) is 40.0 Å². The van der Waals surface area contributed by atoms with Crippen LogP contribution in [0, 0.1) is 11.3 Å². The Morgan fingerprint density at radius 2 is 2.05 bits per heavy atom. The third-order valence-electron chi connectivity index (χ3n) is 3.70. The maximum Gasteiger partial charge on any atom is 0.150 e. The Balaban J connectivity index is 2.48. The van der Waals surface area contributed by atoms with E-state index < -0.39 is 9.84 Å². The van der Waals surface area contributed by atoms with Gasteiger partial charge in [-0.2, -0.15) is 0 Å². The number of hydrogen-bond acceptors (Lipinski definition) is 4. The summed E-state index contributed by atoms with van der Waals surface area (Å²) in [5.41, 5.74) is 0.0235. The van der Waals surface area contributed by atoms with Gasteiger partial charge in [0.1, 0.15) is 9.84 Å². The van der Waals surface area contributed by atoms with Gasteiger partial charge < -0.3 is 10.1 Å². The van der Waals surface area contributed by atoms with E-state index in [1.807, 2.05) is 6.92 Å². The molecule has 114 valence electrons. The highest BCUT2D eigenvalue weighted by molar-refractivity contribution is 7.91. The number of ether oxygens (including phenoxy) is 1. The molecule has 0 amide bonds. The molecule has 5 heteroatoms. The normalized spacial score (nSPS) is 24.2. The van der Waals surface area contributed by atoms with Gasteiger partial charge >= 0.3 is 0 Å². The Labute approximate surface area is 118 Å². The van der Waals surface area contributed by atoms with E-state index in [-0.39, 0.29) is 5.41 Å². The number of sulfone groups is 1. The SMILES string of the molecule is CCCS(=O)(=O)CCC1(CNCC(C)C)CCOC1. The maximum absolute atomic E-state index is 11.9. The van der Waals surface area contributed by atoms with Crippen molar-refractivity contribution in [1.29, 1.82) is 0 Å². The molecule has 0 aliphatic carbocycles. The van der Waals surface area contributed by atoms with E-state index >= 15 is 0 Å². The minimum atomic E-state index is -2.88. The second kappa shape index (κ2) is 7.60. The van der Waals surface area contributed by atoms with Crippen LogP contribution in [0.4, 0.5) is 0 Å². The van der Waals surface area contributed by atoms with Gasteiger partial charge in [0.05, 0.1) is 12.4 Å². The molecule has 1 unspecified atom stereocenters. The molecule has 1 aliphatic heterocycles. The summed E-state index contributed by atoms with van der Waals surface area (Å²) in [5.74, 6) is 1.22. The molecule has 1 aliphatic rings. The van der Waals surface area contributed by atoms with Crippen LogP contribution in [0.3, 0.4) is 0 Å². The van der Waals surface area contributed by atoms with Crippen LogP contribution in [-0.2, 0) is 14.6 Å². The van der Waals surface area contributed by atoms with Crippen LogP contribution >= 0.6 is 0 Å². The van der Waals surface area contributed by atoms with Crippen molar-refractivity contribution in [2.24, 2.45) is 11.3 Å². The van der Waals surface area contributed by atoms with Crippen molar-refractivity contribution in [2.75, 3.05) is 37.8 Å². The molecule has 1 rings (SSSR count). The summed E-state index contributed by atoms with van der Waals surface area (Å²) in [6, 6.07) is 0. The van der Waals surface area contributed by atoms with E-state index in [1.54, 1.807) is 0 Å². The van der Waals surface area contributed by atoms with Gasteiger partial charge in [-0.3, -0.25) is 0 Å². The average molecular weight is 291 g/mol. The first kappa shape index (κ1) is 16.9. The summed E-state index contributed by atoms with van der Waals surface area (Å²) in [6.45, 7) is 9.57. The first-order valence-corrected chi connectivity index (χ1v) is 9.20. The van der Waals surface area contributed by atoms with Gasteiger partial charge in [-0.05, 0) is 31.7 Å². The van der Waals surface area contributed by atoms with Crippen LogP contribution in [0.25, 0.3) is 0 Å². The summed E-state index contributed by atoms with van der Waals surface area (Å²) in [6.07, 6.45) is 2.40. The predicted octanol–water partition coefficient (Wildman–Crippen LogP) is 1.85. The zero-order valence-corrected chi connectivity index (χ0v) is 13.4. The quantitative estimate of drug-likeness (QED) is 0.704. The van der Waals surface area contributed by atoms with Gasteiger partial charge in [-0.15, -0.1) is 0 Å². The van der Waals surface area contributed by atoms with Gasteiger partial charge in [0.2, 0.25) is 0 Å². The van der Waals surface area contributed by atoms with Gasteiger partial charge in [0.25, 0.3) is 0 Å². The van der Waals surface area contributed by atoms with Crippen LogP contribution in [0.5, 0.6) is 0 Å². The van der Waals surface area contributed by atoms with Crippen LogP contribution < -0.4 is 5.32 Å². The molecule has 0 aromatic carbocycles. The summed E-state index contributed by atoms with van der Waals surface area (Å²) in [5, 5.41) is 3.46. The molecule has 1 saturated heterocycles. The van der Waals surface area contributed by atoms with Gasteiger partial charge in [-0.25, -0.2) is 8.42 Å². The molecule has 1 heterocycles. The average Bonchev–Trinajstić information content (AvgIpc) is 2.76. The van der Waals surface area contributed by atoms with E-state index in [4.69, 9.17) is 4.74 Å². The molecular formula is C14H29NO3S. The first-order valence-electron chi connectivity index (χ1n) is 7.38.